The smallest absolute Gasteiger partial charge is 0.255 e. The second-order valence-electron chi connectivity index (χ2n) is 6.07. The maximum absolute atomic E-state index is 12.8. The highest BCUT2D eigenvalue weighted by atomic mass is 79.9. The minimum absolute atomic E-state index is 0.00621. The Labute approximate surface area is 155 Å². The highest BCUT2D eigenvalue weighted by molar-refractivity contribution is 9.10. The first-order valence-corrected chi connectivity index (χ1v) is 9.14. The standard InChI is InChI=1S/C18H21BrN4O2/c1-3-17(24)20-10-16-21-14-8-9-23(11-15(14)22(16)2)18(25)12-6-4-5-7-13(12)19/h4-7H,3,8-11H2,1-2H3,(H,20,24). The van der Waals surface area contributed by atoms with Crippen molar-refractivity contribution in [2.45, 2.75) is 32.9 Å². The Morgan fingerprint density at radius 1 is 1.32 bits per heavy atom. The number of benzene rings is 1. The molecule has 0 unspecified atom stereocenters. The number of imidazole rings is 1. The average molecular weight is 405 g/mol. The molecule has 0 saturated carbocycles. The average Bonchev–Trinajstić information content (AvgIpc) is 2.95. The van der Waals surface area contributed by atoms with Gasteiger partial charge in [0.1, 0.15) is 5.82 Å². The van der Waals surface area contributed by atoms with Crippen molar-refractivity contribution in [1.29, 1.82) is 0 Å². The molecule has 3 rings (SSSR count). The first-order chi connectivity index (χ1) is 12.0. The van der Waals surface area contributed by atoms with Gasteiger partial charge in [-0.05, 0) is 28.1 Å². The van der Waals surface area contributed by atoms with Crippen LogP contribution in [0.15, 0.2) is 28.7 Å². The van der Waals surface area contributed by atoms with Crippen molar-refractivity contribution in [3.8, 4) is 0 Å². The van der Waals surface area contributed by atoms with Gasteiger partial charge in [0.2, 0.25) is 5.91 Å². The summed E-state index contributed by atoms with van der Waals surface area (Å²) < 4.78 is 2.80. The van der Waals surface area contributed by atoms with Gasteiger partial charge in [-0.1, -0.05) is 19.1 Å². The van der Waals surface area contributed by atoms with Gasteiger partial charge in [0, 0.05) is 30.9 Å². The van der Waals surface area contributed by atoms with E-state index < -0.39 is 0 Å². The Kier molecular flexibility index (Phi) is 5.22. The van der Waals surface area contributed by atoms with Crippen LogP contribution in [0.2, 0.25) is 0 Å². The van der Waals surface area contributed by atoms with Crippen molar-refractivity contribution in [2.24, 2.45) is 7.05 Å². The highest BCUT2D eigenvalue weighted by Gasteiger charge is 2.27. The van der Waals surface area contributed by atoms with Gasteiger partial charge in [-0.2, -0.15) is 0 Å². The minimum atomic E-state index is 0.00621. The third-order valence-corrected chi connectivity index (χ3v) is 5.20. The molecule has 2 heterocycles. The lowest BCUT2D eigenvalue weighted by Crippen LogP contribution is -2.36. The molecule has 0 aliphatic carbocycles. The van der Waals surface area contributed by atoms with Crippen molar-refractivity contribution in [1.82, 2.24) is 19.8 Å². The number of nitrogens with one attached hydrogen (secondary N) is 1. The highest BCUT2D eigenvalue weighted by Crippen LogP contribution is 2.24. The largest absolute Gasteiger partial charge is 0.349 e. The molecule has 1 N–H and O–H groups in total. The summed E-state index contributed by atoms with van der Waals surface area (Å²) in [5, 5.41) is 2.86. The lowest BCUT2D eigenvalue weighted by molar-refractivity contribution is -0.120. The number of halogens is 1. The van der Waals surface area contributed by atoms with Crippen LogP contribution in [0.4, 0.5) is 0 Å². The van der Waals surface area contributed by atoms with Crippen LogP contribution in [0.5, 0.6) is 0 Å². The van der Waals surface area contributed by atoms with Gasteiger partial charge in [-0.3, -0.25) is 9.59 Å². The van der Waals surface area contributed by atoms with Gasteiger partial charge in [0.25, 0.3) is 5.91 Å². The molecule has 1 aliphatic heterocycles. The second kappa shape index (κ2) is 7.39. The zero-order valence-electron chi connectivity index (χ0n) is 14.4. The fraction of sp³-hybridized carbons (Fsp3) is 0.389. The molecule has 25 heavy (non-hydrogen) atoms. The fourth-order valence-corrected chi connectivity index (χ4v) is 3.44. The summed E-state index contributed by atoms with van der Waals surface area (Å²) in [7, 11) is 1.94. The molecule has 0 saturated heterocycles. The molecule has 0 bridgehead atoms. The molecule has 0 fully saturated rings. The Bertz CT molecular complexity index is 815. The van der Waals surface area contributed by atoms with Crippen LogP contribution >= 0.6 is 15.9 Å². The van der Waals surface area contributed by atoms with Crippen LogP contribution in [0.1, 0.15) is 40.9 Å². The van der Waals surface area contributed by atoms with Crippen molar-refractivity contribution in [3.05, 3.63) is 51.5 Å². The number of hydrogen-bond donors (Lipinski definition) is 1. The number of rotatable bonds is 4. The first-order valence-electron chi connectivity index (χ1n) is 8.35. The zero-order chi connectivity index (χ0) is 18.0. The summed E-state index contributed by atoms with van der Waals surface area (Å²) in [4.78, 5) is 30.8. The van der Waals surface area contributed by atoms with Gasteiger partial charge < -0.3 is 14.8 Å². The third-order valence-electron chi connectivity index (χ3n) is 4.50. The molecule has 7 heteroatoms. The van der Waals surface area contributed by atoms with E-state index in [1.807, 2.05) is 47.7 Å². The molecule has 2 amide bonds. The molecular weight excluding hydrogens is 384 g/mol. The maximum Gasteiger partial charge on any atom is 0.255 e. The molecule has 1 aromatic heterocycles. The second-order valence-corrected chi connectivity index (χ2v) is 6.92. The molecule has 6 nitrogen and oxygen atoms in total. The van der Waals surface area contributed by atoms with Crippen LogP contribution in [0.3, 0.4) is 0 Å². The van der Waals surface area contributed by atoms with E-state index in [1.54, 1.807) is 0 Å². The van der Waals surface area contributed by atoms with Crippen LogP contribution in [0, 0.1) is 0 Å². The summed E-state index contributed by atoms with van der Waals surface area (Å²) in [6.45, 7) is 3.41. The summed E-state index contributed by atoms with van der Waals surface area (Å²) >= 11 is 3.45. The summed E-state index contributed by atoms with van der Waals surface area (Å²) in [5.74, 6) is 0.842. The van der Waals surface area contributed by atoms with Crippen LogP contribution in [-0.2, 0) is 31.4 Å². The summed E-state index contributed by atoms with van der Waals surface area (Å²) in [5.41, 5.74) is 2.72. The van der Waals surface area contributed by atoms with Crippen LogP contribution in [0.25, 0.3) is 0 Å². The SMILES string of the molecule is CCC(=O)NCc1nc2c(n1C)CN(C(=O)c1ccccc1Br)CC2. The van der Waals surface area contributed by atoms with E-state index >= 15 is 0 Å². The molecule has 1 aromatic carbocycles. The third kappa shape index (κ3) is 3.61. The van der Waals surface area contributed by atoms with Crippen LogP contribution in [-0.4, -0.2) is 32.8 Å². The molecule has 2 aromatic rings. The topological polar surface area (TPSA) is 67.2 Å². The number of aromatic nitrogens is 2. The van der Waals surface area contributed by atoms with E-state index in [0.717, 1.165) is 28.1 Å². The predicted octanol–water partition coefficient (Wildman–Crippen LogP) is 2.41. The Morgan fingerprint density at radius 2 is 2.08 bits per heavy atom. The maximum atomic E-state index is 12.8. The molecule has 0 atom stereocenters. The van der Waals surface area contributed by atoms with E-state index in [2.05, 4.69) is 26.2 Å². The normalized spacial score (nSPS) is 13.5. The predicted molar refractivity (Wildman–Crippen MR) is 97.9 cm³/mol. The zero-order valence-corrected chi connectivity index (χ0v) is 16.0. The Balaban J connectivity index is 1.77. The number of carbonyl (C=O) groups excluding carboxylic acids is 2. The van der Waals surface area contributed by atoms with Crippen LogP contribution < -0.4 is 5.32 Å². The van der Waals surface area contributed by atoms with E-state index in [0.29, 0.717) is 31.6 Å². The first kappa shape index (κ1) is 17.7. The van der Waals surface area contributed by atoms with Gasteiger partial charge in [0.15, 0.2) is 0 Å². The summed E-state index contributed by atoms with van der Waals surface area (Å²) in [6.07, 6.45) is 1.18. The van der Waals surface area contributed by atoms with Gasteiger partial charge >= 0.3 is 0 Å². The van der Waals surface area contributed by atoms with Crippen molar-refractivity contribution >= 4 is 27.7 Å². The van der Waals surface area contributed by atoms with E-state index in [4.69, 9.17) is 0 Å². The quantitative estimate of drug-likeness (QED) is 0.850. The number of amides is 2. The van der Waals surface area contributed by atoms with Crippen molar-refractivity contribution in [2.75, 3.05) is 6.54 Å². The molecule has 0 radical (unpaired) electrons. The van der Waals surface area contributed by atoms with Gasteiger partial charge in [0.05, 0.1) is 30.0 Å². The molecule has 1 aliphatic rings. The number of fused-ring (bicyclic) bond motifs is 1. The van der Waals surface area contributed by atoms with E-state index in [-0.39, 0.29) is 11.8 Å². The minimum Gasteiger partial charge on any atom is -0.349 e. The van der Waals surface area contributed by atoms with Gasteiger partial charge in [-0.25, -0.2) is 4.98 Å². The lowest BCUT2D eigenvalue weighted by atomic mass is 10.1. The monoisotopic (exact) mass is 404 g/mol. The summed E-state index contributed by atoms with van der Waals surface area (Å²) in [6, 6.07) is 7.47. The lowest BCUT2D eigenvalue weighted by Gasteiger charge is -2.27. The number of nitrogens with zero attached hydrogens (tertiary/aromatic N) is 3. The molecule has 132 valence electrons. The number of carbonyl (C=O) groups is 2. The molecule has 0 spiro atoms. The fourth-order valence-electron chi connectivity index (χ4n) is 2.98. The van der Waals surface area contributed by atoms with Crippen molar-refractivity contribution < 1.29 is 9.59 Å². The van der Waals surface area contributed by atoms with Gasteiger partial charge in [-0.15, -0.1) is 0 Å². The van der Waals surface area contributed by atoms with E-state index in [9.17, 15) is 9.59 Å². The van der Waals surface area contributed by atoms with Crippen molar-refractivity contribution in [3.63, 3.8) is 0 Å². The molecular formula is C18H21BrN4O2. The Hall–Kier alpha value is -2.15. The number of hydrogen-bond acceptors (Lipinski definition) is 3. The van der Waals surface area contributed by atoms with E-state index in [1.165, 1.54) is 0 Å². The Morgan fingerprint density at radius 3 is 2.80 bits per heavy atom.